The minimum Gasteiger partial charge on any atom is -0.381 e. The quantitative estimate of drug-likeness (QED) is 0.794. The lowest BCUT2D eigenvalue weighted by molar-refractivity contribution is 0.630. The normalized spacial score (nSPS) is 22.5. The predicted octanol–water partition coefficient (Wildman–Crippen LogP) is 2.66. The monoisotopic (exact) mass is 204 g/mol. The van der Waals surface area contributed by atoms with Gasteiger partial charge in [0.15, 0.2) is 0 Å². The summed E-state index contributed by atoms with van der Waals surface area (Å²) in [6, 6.07) is 7.06. The number of hydrogen-bond donors (Lipinski definition) is 2. The average molecular weight is 204 g/mol. The van der Waals surface area contributed by atoms with E-state index < -0.39 is 0 Å². The van der Waals surface area contributed by atoms with E-state index in [1.165, 1.54) is 23.2 Å². The molecule has 0 amide bonds. The van der Waals surface area contributed by atoms with Crippen molar-refractivity contribution in [1.82, 2.24) is 0 Å². The van der Waals surface area contributed by atoms with Crippen molar-refractivity contribution in [2.45, 2.75) is 39.8 Å². The molecule has 1 fully saturated rings. The largest absolute Gasteiger partial charge is 0.381 e. The van der Waals surface area contributed by atoms with Gasteiger partial charge in [0, 0.05) is 18.3 Å². The van der Waals surface area contributed by atoms with Gasteiger partial charge in [-0.1, -0.05) is 31.5 Å². The maximum atomic E-state index is 5.74. The summed E-state index contributed by atoms with van der Waals surface area (Å²) < 4.78 is 0. The van der Waals surface area contributed by atoms with Crippen LogP contribution in [0.3, 0.4) is 0 Å². The first kappa shape index (κ1) is 10.5. The van der Waals surface area contributed by atoms with Gasteiger partial charge in [-0.2, -0.15) is 0 Å². The summed E-state index contributed by atoms with van der Waals surface area (Å²) in [7, 11) is 0. The third kappa shape index (κ3) is 2.15. The molecule has 2 heteroatoms. The summed E-state index contributed by atoms with van der Waals surface area (Å²) in [5, 5.41) is 3.57. The Morgan fingerprint density at radius 1 is 1.47 bits per heavy atom. The van der Waals surface area contributed by atoms with Crippen LogP contribution in [0.15, 0.2) is 18.2 Å². The van der Waals surface area contributed by atoms with Gasteiger partial charge in [0.1, 0.15) is 0 Å². The van der Waals surface area contributed by atoms with Gasteiger partial charge in [0.25, 0.3) is 0 Å². The summed E-state index contributed by atoms with van der Waals surface area (Å²) in [5.41, 5.74) is 9.90. The first-order valence-corrected chi connectivity index (χ1v) is 5.59. The van der Waals surface area contributed by atoms with Gasteiger partial charge in [-0.15, -0.1) is 0 Å². The Labute approximate surface area is 91.9 Å². The zero-order valence-corrected chi connectivity index (χ0v) is 9.80. The molecule has 0 bridgehead atoms. The Balaban J connectivity index is 2.14. The Morgan fingerprint density at radius 2 is 2.13 bits per heavy atom. The first-order chi connectivity index (χ1) is 7.03. The van der Waals surface area contributed by atoms with Crippen LogP contribution in [0.1, 0.15) is 31.4 Å². The number of benzene rings is 1. The molecule has 2 nitrogen and oxygen atoms in total. The summed E-state index contributed by atoms with van der Waals surface area (Å²) in [6.45, 7) is 7.29. The highest BCUT2D eigenvalue weighted by atomic mass is 15.0. The molecule has 1 aromatic rings. The Hall–Kier alpha value is -1.02. The van der Waals surface area contributed by atoms with Crippen molar-refractivity contribution in [3.05, 3.63) is 29.3 Å². The van der Waals surface area contributed by atoms with Gasteiger partial charge < -0.3 is 11.1 Å². The van der Waals surface area contributed by atoms with Gasteiger partial charge >= 0.3 is 0 Å². The zero-order chi connectivity index (χ0) is 11.1. The molecule has 1 atom stereocenters. The second-order valence-corrected chi connectivity index (χ2v) is 5.25. The fraction of sp³-hybridized carbons (Fsp3) is 0.538. The van der Waals surface area contributed by atoms with Crippen molar-refractivity contribution in [2.24, 2.45) is 11.1 Å². The molecule has 1 aliphatic carbocycles. The second-order valence-electron chi connectivity index (χ2n) is 5.25. The van der Waals surface area contributed by atoms with Gasteiger partial charge in [-0.3, -0.25) is 0 Å². The fourth-order valence-electron chi connectivity index (χ4n) is 1.93. The van der Waals surface area contributed by atoms with Crippen LogP contribution in [0, 0.1) is 12.3 Å². The van der Waals surface area contributed by atoms with Gasteiger partial charge in [-0.25, -0.2) is 0 Å². The van der Waals surface area contributed by atoms with Crippen LogP contribution < -0.4 is 11.1 Å². The third-order valence-electron chi connectivity index (χ3n) is 3.32. The van der Waals surface area contributed by atoms with Crippen molar-refractivity contribution in [2.75, 3.05) is 5.32 Å². The Bertz CT molecular complexity index is 369. The molecule has 3 N–H and O–H groups in total. The molecule has 0 radical (unpaired) electrons. The van der Waals surface area contributed by atoms with Crippen molar-refractivity contribution < 1.29 is 0 Å². The summed E-state index contributed by atoms with van der Waals surface area (Å²) in [4.78, 5) is 0. The predicted molar refractivity (Wildman–Crippen MR) is 64.9 cm³/mol. The van der Waals surface area contributed by atoms with E-state index in [4.69, 9.17) is 5.73 Å². The standard InChI is InChI=1S/C13H20N2/c1-9-4-5-11(10(6-9)8-14)15-12-7-13(12,2)3/h4-6,12,15H,7-8,14H2,1-3H3. The minimum atomic E-state index is 0.455. The molecule has 0 saturated heterocycles. The molecule has 0 aliphatic heterocycles. The van der Waals surface area contributed by atoms with Crippen molar-refractivity contribution in [3.63, 3.8) is 0 Å². The number of anilines is 1. The summed E-state index contributed by atoms with van der Waals surface area (Å²) in [5.74, 6) is 0. The molecule has 1 aliphatic rings. The minimum absolute atomic E-state index is 0.455. The van der Waals surface area contributed by atoms with Crippen molar-refractivity contribution in [3.8, 4) is 0 Å². The van der Waals surface area contributed by atoms with E-state index in [2.05, 4.69) is 44.3 Å². The lowest BCUT2D eigenvalue weighted by Gasteiger charge is -2.13. The maximum absolute atomic E-state index is 5.74. The van der Waals surface area contributed by atoms with Crippen LogP contribution in [0.25, 0.3) is 0 Å². The van der Waals surface area contributed by atoms with E-state index >= 15 is 0 Å². The number of nitrogens with two attached hydrogens (primary N) is 1. The van der Waals surface area contributed by atoms with E-state index in [0.717, 1.165) is 0 Å². The smallest absolute Gasteiger partial charge is 0.0388 e. The second kappa shape index (κ2) is 3.53. The molecular formula is C13H20N2. The summed E-state index contributed by atoms with van der Waals surface area (Å²) in [6.07, 6.45) is 1.25. The lowest BCUT2D eigenvalue weighted by atomic mass is 10.1. The number of hydrogen-bond acceptors (Lipinski definition) is 2. The van der Waals surface area contributed by atoms with Gasteiger partial charge in [0.05, 0.1) is 0 Å². The topological polar surface area (TPSA) is 38.0 Å². The highest BCUT2D eigenvalue weighted by molar-refractivity contribution is 5.54. The van der Waals surface area contributed by atoms with Crippen LogP contribution in [0.4, 0.5) is 5.69 Å². The molecule has 1 saturated carbocycles. The number of aryl methyl sites for hydroxylation is 1. The van der Waals surface area contributed by atoms with E-state index in [0.29, 0.717) is 18.0 Å². The SMILES string of the molecule is Cc1ccc(NC2CC2(C)C)c(CN)c1. The van der Waals surface area contributed by atoms with E-state index in [-0.39, 0.29) is 0 Å². The van der Waals surface area contributed by atoms with E-state index in [1.807, 2.05) is 0 Å². The highest BCUT2D eigenvalue weighted by Gasteiger charge is 2.45. The van der Waals surface area contributed by atoms with Crippen LogP contribution in [-0.2, 0) is 6.54 Å². The third-order valence-corrected chi connectivity index (χ3v) is 3.32. The lowest BCUT2D eigenvalue weighted by Crippen LogP contribution is -2.11. The van der Waals surface area contributed by atoms with Crippen LogP contribution >= 0.6 is 0 Å². The first-order valence-electron chi connectivity index (χ1n) is 5.59. The van der Waals surface area contributed by atoms with Crippen LogP contribution in [0.2, 0.25) is 0 Å². The fourth-order valence-corrected chi connectivity index (χ4v) is 1.93. The molecule has 15 heavy (non-hydrogen) atoms. The molecule has 0 heterocycles. The number of nitrogens with one attached hydrogen (secondary N) is 1. The molecule has 82 valence electrons. The number of rotatable bonds is 3. The van der Waals surface area contributed by atoms with Crippen LogP contribution in [-0.4, -0.2) is 6.04 Å². The van der Waals surface area contributed by atoms with E-state index in [9.17, 15) is 0 Å². The van der Waals surface area contributed by atoms with Gasteiger partial charge in [-0.05, 0) is 30.4 Å². The summed E-state index contributed by atoms with van der Waals surface area (Å²) >= 11 is 0. The zero-order valence-electron chi connectivity index (χ0n) is 9.80. The van der Waals surface area contributed by atoms with Crippen molar-refractivity contribution >= 4 is 5.69 Å². The molecule has 1 unspecified atom stereocenters. The average Bonchev–Trinajstić information content (AvgIpc) is 2.77. The molecular weight excluding hydrogens is 184 g/mol. The highest BCUT2D eigenvalue weighted by Crippen LogP contribution is 2.46. The Morgan fingerprint density at radius 3 is 2.67 bits per heavy atom. The van der Waals surface area contributed by atoms with Crippen molar-refractivity contribution in [1.29, 1.82) is 0 Å². The molecule has 0 spiro atoms. The maximum Gasteiger partial charge on any atom is 0.0388 e. The Kier molecular flexibility index (Phi) is 2.47. The molecule has 1 aromatic carbocycles. The van der Waals surface area contributed by atoms with Crippen LogP contribution in [0.5, 0.6) is 0 Å². The molecule has 0 aromatic heterocycles. The van der Waals surface area contributed by atoms with Gasteiger partial charge in [0.2, 0.25) is 0 Å². The van der Waals surface area contributed by atoms with E-state index in [1.54, 1.807) is 0 Å². The molecule has 2 rings (SSSR count).